The third kappa shape index (κ3) is 6.54. The topological polar surface area (TPSA) is 29.1 Å². The van der Waals surface area contributed by atoms with E-state index in [1.165, 1.54) is 0 Å². The first-order valence-corrected chi connectivity index (χ1v) is 5.05. The highest BCUT2D eigenvalue weighted by molar-refractivity contribution is 7.80. The molecule has 0 bridgehead atoms. The molecule has 0 aromatic heterocycles. The number of allylic oxidation sites excluding steroid dienone is 2. The molecule has 0 aliphatic rings. The van der Waals surface area contributed by atoms with Gasteiger partial charge in [-0.25, -0.2) is 0 Å². The van der Waals surface area contributed by atoms with Crippen LogP contribution < -0.4 is 5.32 Å². The van der Waals surface area contributed by atoms with E-state index in [0.717, 1.165) is 17.7 Å². The monoisotopic (exact) mass is 211 g/mol. The van der Waals surface area contributed by atoms with Crippen molar-refractivity contribution in [2.75, 3.05) is 6.54 Å². The molecule has 1 N–H and O–H groups in total. The van der Waals surface area contributed by atoms with Crippen molar-refractivity contribution in [3.8, 4) is 0 Å². The van der Waals surface area contributed by atoms with Crippen molar-refractivity contribution < 1.29 is 4.79 Å². The molecule has 0 heterocycles. The maximum atomic E-state index is 11.3. The molecule has 0 spiro atoms. The molecule has 0 atom stereocenters. The van der Waals surface area contributed by atoms with Crippen LogP contribution in [0.15, 0.2) is 24.3 Å². The van der Waals surface area contributed by atoms with Gasteiger partial charge in [-0.2, -0.15) is 0 Å². The number of rotatable bonds is 6. The van der Waals surface area contributed by atoms with E-state index in [4.69, 9.17) is 12.2 Å². The summed E-state index contributed by atoms with van der Waals surface area (Å²) in [6.07, 6.45) is 5.10. The Morgan fingerprint density at radius 2 is 2.14 bits per heavy atom. The van der Waals surface area contributed by atoms with Crippen LogP contribution in [-0.2, 0) is 4.79 Å². The minimum atomic E-state index is -0.0353. The van der Waals surface area contributed by atoms with Crippen molar-refractivity contribution >= 4 is 23.0 Å². The zero-order valence-corrected chi connectivity index (χ0v) is 9.62. The van der Waals surface area contributed by atoms with Gasteiger partial charge in [0.05, 0.1) is 0 Å². The Morgan fingerprint density at radius 1 is 1.50 bits per heavy atom. The second kappa shape index (κ2) is 7.44. The van der Waals surface area contributed by atoms with Crippen molar-refractivity contribution in [1.29, 1.82) is 0 Å². The molecule has 0 fully saturated rings. The standard InChI is InChI=1S/C11H17NOS/c1-4-6-9(2)11(13)12-8-5-7-10(3)14/h4,6H,1,5,7-8H2,2-3H3,(H,12,13). The van der Waals surface area contributed by atoms with Crippen molar-refractivity contribution in [2.45, 2.75) is 26.7 Å². The molecule has 2 nitrogen and oxygen atoms in total. The second-order valence-corrected chi connectivity index (χ2v) is 3.84. The van der Waals surface area contributed by atoms with E-state index < -0.39 is 0 Å². The molecular formula is C11H17NOS. The fourth-order valence-corrected chi connectivity index (χ4v) is 1.08. The molecule has 14 heavy (non-hydrogen) atoms. The number of hydrogen-bond donors (Lipinski definition) is 1. The van der Waals surface area contributed by atoms with E-state index in [0.29, 0.717) is 12.1 Å². The summed E-state index contributed by atoms with van der Waals surface area (Å²) < 4.78 is 0. The van der Waals surface area contributed by atoms with Gasteiger partial charge in [-0.3, -0.25) is 4.79 Å². The number of carbonyl (C=O) groups excluding carboxylic acids is 1. The molecule has 0 aliphatic heterocycles. The number of thiocarbonyl (C=S) groups is 1. The lowest BCUT2D eigenvalue weighted by atomic mass is 10.2. The maximum absolute atomic E-state index is 11.3. The SMILES string of the molecule is C=CC=C(C)C(=O)NCCCC(C)=S. The van der Waals surface area contributed by atoms with Gasteiger partial charge in [-0.15, -0.1) is 0 Å². The first-order chi connectivity index (χ1) is 6.57. The number of carbonyl (C=O) groups is 1. The van der Waals surface area contributed by atoms with Gasteiger partial charge in [-0.05, 0) is 31.6 Å². The summed E-state index contributed by atoms with van der Waals surface area (Å²) in [5, 5.41) is 2.81. The molecule has 0 aliphatic carbocycles. The van der Waals surface area contributed by atoms with Crippen molar-refractivity contribution in [1.82, 2.24) is 5.32 Å². The van der Waals surface area contributed by atoms with Gasteiger partial charge < -0.3 is 5.32 Å². The maximum Gasteiger partial charge on any atom is 0.246 e. The molecule has 0 aromatic rings. The van der Waals surface area contributed by atoms with E-state index >= 15 is 0 Å². The first-order valence-electron chi connectivity index (χ1n) is 4.65. The van der Waals surface area contributed by atoms with Gasteiger partial charge >= 0.3 is 0 Å². The van der Waals surface area contributed by atoms with Crippen molar-refractivity contribution in [3.63, 3.8) is 0 Å². The van der Waals surface area contributed by atoms with Gasteiger partial charge in [0.25, 0.3) is 0 Å². The Bertz CT molecular complexity index is 256. The number of hydrogen-bond acceptors (Lipinski definition) is 2. The van der Waals surface area contributed by atoms with E-state index in [1.807, 2.05) is 6.92 Å². The van der Waals surface area contributed by atoms with Crippen LogP contribution in [0.4, 0.5) is 0 Å². The van der Waals surface area contributed by atoms with Gasteiger partial charge in [0.2, 0.25) is 5.91 Å². The van der Waals surface area contributed by atoms with Crippen LogP contribution in [0.5, 0.6) is 0 Å². The third-order valence-electron chi connectivity index (χ3n) is 1.72. The molecule has 78 valence electrons. The van der Waals surface area contributed by atoms with Gasteiger partial charge in [0.1, 0.15) is 0 Å². The number of nitrogens with one attached hydrogen (secondary N) is 1. The van der Waals surface area contributed by atoms with Crippen LogP contribution >= 0.6 is 12.2 Å². The van der Waals surface area contributed by atoms with Crippen LogP contribution in [-0.4, -0.2) is 17.3 Å². The lowest BCUT2D eigenvalue weighted by Crippen LogP contribution is -2.25. The average Bonchev–Trinajstić information content (AvgIpc) is 2.12. The van der Waals surface area contributed by atoms with Crippen molar-refractivity contribution in [2.24, 2.45) is 0 Å². The summed E-state index contributed by atoms with van der Waals surface area (Å²) in [5.74, 6) is -0.0353. The molecule has 0 saturated carbocycles. The fourth-order valence-electron chi connectivity index (χ4n) is 0.931. The Balaban J connectivity index is 3.69. The van der Waals surface area contributed by atoms with Gasteiger partial charge in [0.15, 0.2) is 0 Å². The van der Waals surface area contributed by atoms with Crippen LogP contribution in [0.1, 0.15) is 26.7 Å². The number of amides is 1. The highest BCUT2D eigenvalue weighted by Gasteiger charge is 2.01. The molecule has 0 aromatic carbocycles. The predicted molar refractivity (Wildman–Crippen MR) is 64.5 cm³/mol. The van der Waals surface area contributed by atoms with E-state index in [-0.39, 0.29) is 5.91 Å². The second-order valence-electron chi connectivity index (χ2n) is 3.15. The zero-order chi connectivity index (χ0) is 11.0. The highest BCUT2D eigenvalue weighted by Crippen LogP contribution is 1.94. The molecule has 0 rings (SSSR count). The predicted octanol–water partition coefficient (Wildman–Crippen LogP) is 2.40. The Hall–Kier alpha value is -0.960. The first kappa shape index (κ1) is 13.0. The smallest absolute Gasteiger partial charge is 0.246 e. The normalized spacial score (nSPS) is 10.9. The van der Waals surface area contributed by atoms with Crippen LogP contribution in [0, 0.1) is 0 Å². The molecule has 0 radical (unpaired) electrons. The third-order valence-corrected chi connectivity index (χ3v) is 1.92. The van der Waals surface area contributed by atoms with Crippen molar-refractivity contribution in [3.05, 3.63) is 24.3 Å². The average molecular weight is 211 g/mol. The lowest BCUT2D eigenvalue weighted by molar-refractivity contribution is -0.117. The summed E-state index contributed by atoms with van der Waals surface area (Å²) in [6.45, 7) is 7.89. The lowest BCUT2D eigenvalue weighted by Gasteiger charge is -2.04. The van der Waals surface area contributed by atoms with Crippen LogP contribution in [0.2, 0.25) is 0 Å². The summed E-state index contributed by atoms with van der Waals surface area (Å²) >= 11 is 4.93. The summed E-state index contributed by atoms with van der Waals surface area (Å²) in [4.78, 5) is 12.3. The highest BCUT2D eigenvalue weighted by atomic mass is 32.1. The minimum absolute atomic E-state index is 0.0353. The molecule has 0 saturated heterocycles. The summed E-state index contributed by atoms with van der Waals surface area (Å²) in [6, 6.07) is 0. The molecule has 1 amide bonds. The Labute approximate surface area is 91.1 Å². The quantitative estimate of drug-likeness (QED) is 0.316. The largest absolute Gasteiger partial charge is 0.352 e. The van der Waals surface area contributed by atoms with Gasteiger partial charge in [0, 0.05) is 12.1 Å². The Morgan fingerprint density at radius 3 is 2.64 bits per heavy atom. The van der Waals surface area contributed by atoms with E-state index in [9.17, 15) is 4.79 Å². The summed E-state index contributed by atoms with van der Waals surface area (Å²) in [5.41, 5.74) is 0.680. The molecule has 0 unspecified atom stereocenters. The minimum Gasteiger partial charge on any atom is -0.352 e. The fraction of sp³-hybridized carbons (Fsp3) is 0.455. The van der Waals surface area contributed by atoms with E-state index in [1.54, 1.807) is 19.1 Å². The van der Waals surface area contributed by atoms with Crippen LogP contribution in [0.25, 0.3) is 0 Å². The van der Waals surface area contributed by atoms with Gasteiger partial charge in [-0.1, -0.05) is 30.9 Å². The van der Waals surface area contributed by atoms with Crippen LogP contribution in [0.3, 0.4) is 0 Å². The van der Waals surface area contributed by atoms with E-state index in [2.05, 4.69) is 11.9 Å². The zero-order valence-electron chi connectivity index (χ0n) is 8.80. The summed E-state index contributed by atoms with van der Waals surface area (Å²) in [7, 11) is 0. The molecule has 3 heteroatoms. The Kier molecular flexibility index (Phi) is 6.93. The molecular weight excluding hydrogens is 194 g/mol.